The van der Waals surface area contributed by atoms with Crippen molar-refractivity contribution in [3.05, 3.63) is 58.8 Å². The molecule has 0 radical (unpaired) electrons. The predicted octanol–water partition coefficient (Wildman–Crippen LogP) is 2.91. The minimum absolute atomic E-state index is 0.0217. The number of aromatic nitrogens is 1. The molecule has 0 aliphatic heterocycles. The first-order valence-electron chi connectivity index (χ1n) is 5.54. The van der Waals surface area contributed by atoms with Crippen molar-refractivity contribution < 1.29 is 18.3 Å². The molecule has 1 heterocycles. The number of benzene rings is 1. The molecule has 0 atom stereocenters. The third kappa shape index (κ3) is 2.31. The fourth-order valence-electron chi connectivity index (χ4n) is 1.73. The summed E-state index contributed by atoms with van der Waals surface area (Å²) in [5.74, 6) is -2.52. The Morgan fingerprint density at radius 1 is 1.26 bits per heavy atom. The van der Waals surface area contributed by atoms with E-state index in [0.717, 1.165) is 6.07 Å². The van der Waals surface area contributed by atoms with Crippen LogP contribution in [0.25, 0.3) is 0 Å². The Bertz CT molecular complexity index is 641. The van der Waals surface area contributed by atoms with Gasteiger partial charge in [-0.15, -0.1) is 0 Å². The normalized spacial score (nSPS) is 10.3. The third-order valence-electron chi connectivity index (χ3n) is 2.72. The zero-order valence-corrected chi connectivity index (χ0v) is 10.4. The molecular formula is C14H11F2NO2. The van der Waals surface area contributed by atoms with Crippen molar-refractivity contribution in [1.82, 2.24) is 4.98 Å². The van der Waals surface area contributed by atoms with Crippen LogP contribution in [0.15, 0.2) is 30.5 Å². The first-order chi connectivity index (χ1) is 9.06. The summed E-state index contributed by atoms with van der Waals surface area (Å²) < 4.78 is 32.5. The monoisotopic (exact) mass is 263 g/mol. The van der Waals surface area contributed by atoms with Gasteiger partial charge in [-0.3, -0.25) is 4.79 Å². The highest BCUT2D eigenvalue weighted by Gasteiger charge is 2.23. The zero-order valence-electron chi connectivity index (χ0n) is 10.4. The van der Waals surface area contributed by atoms with Crippen LogP contribution in [0.1, 0.15) is 21.5 Å². The number of hydrogen-bond acceptors (Lipinski definition) is 3. The fraction of sp³-hybridized carbons (Fsp3) is 0.143. The maximum atomic E-state index is 13.9. The molecule has 1 aromatic carbocycles. The number of methoxy groups -OCH3 is 1. The Morgan fingerprint density at radius 3 is 2.68 bits per heavy atom. The van der Waals surface area contributed by atoms with Gasteiger partial charge in [-0.2, -0.15) is 0 Å². The van der Waals surface area contributed by atoms with E-state index in [-0.39, 0.29) is 17.0 Å². The van der Waals surface area contributed by atoms with Crippen LogP contribution in [0.2, 0.25) is 0 Å². The molecular weight excluding hydrogens is 252 g/mol. The first kappa shape index (κ1) is 13.1. The van der Waals surface area contributed by atoms with Gasteiger partial charge in [0.2, 0.25) is 11.7 Å². The summed E-state index contributed by atoms with van der Waals surface area (Å²) in [6, 6.07) is 5.26. The van der Waals surface area contributed by atoms with Crippen molar-refractivity contribution in [3.8, 4) is 5.88 Å². The van der Waals surface area contributed by atoms with E-state index in [0.29, 0.717) is 0 Å². The van der Waals surface area contributed by atoms with Crippen molar-refractivity contribution in [1.29, 1.82) is 0 Å². The minimum Gasteiger partial charge on any atom is -0.480 e. The van der Waals surface area contributed by atoms with E-state index in [1.54, 1.807) is 0 Å². The average molecular weight is 263 g/mol. The summed E-state index contributed by atoms with van der Waals surface area (Å²) in [5.41, 5.74) is -0.368. The van der Waals surface area contributed by atoms with Gasteiger partial charge >= 0.3 is 0 Å². The van der Waals surface area contributed by atoms with E-state index in [9.17, 15) is 13.6 Å². The number of rotatable bonds is 3. The molecule has 0 saturated carbocycles. The van der Waals surface area contributed by atoms with Crippen LogP contribution < -0.4 is 4.74 Å². The van der Waals surface area contributed by atoms with Gasteiger partial charge in [-0.1, -0.05) is 6.07 Å². The van der Waals surface area contributed by atoms with Crippen molar-refractivity contribution in [2.24, 2.45) is 0 Å². The number of ketones is 1. The van der Waals surface area contributed by atoms with Crippen LogP contribution in [0, 0.1) is 18.6 Å². The number of carbonyl (C=O) groups is 1. The van der Waals surface area contributed by atoms with Crippen molar-refractivity contribution in [2.75, 3.05) is 7.11 Å². The fourth-order valence-corrected chi connectivity index (χ4v) is 1.73. The first-order valence-corrected chi connectivity index (χ1v) is 5.54. The molecule has 0 spiro atoms. The molecule has 0 N–H and O–H groups in total. The number of nitrogens with zero attached hydrogens (tertiary/aromatic N) is 1. The lowest BCUT2D eigenvalue weighted by molar-refractivity contribution is 0.102. The minimum atomic E-state index is -0.904. The summed E-state index contributed by atoms with van der Waals surface area (Å²) in [6.07, 6.45) is 1.43. The van der Waals surface area contributed by atoms with Crippen LogP contribution in [0.4, 0.5) is 8.78 Å². The molecule has 2 rings (SSSR count). The Morgan fingerprint density at radius 2 is 2.00 bits per heavy atom. The maximum Gasteiger partial charge on any atom is 0.224 e. The van der Waals surface area contributed by atoms with Crippen LogP contribution in [0.3, 0.4) is 0 Å². The number of carbonyl (C=O) groups excluding carboxylic acids is 1. The van der Waals surface area contributed by atoms with Crippen LogP contribution >= 0.6 is 0 Å². The SMILES string of the molecule is COc1ncccc1C(=O)c1c(F)ccc(C)c1F. The summed E-state index contributed by atoms with van der Waals surface area (Å²) >= 11 is 0. The Labute approximate surface area is 108 Å². The van der Waals surface area contributed by atoms with Gasteiger partial charge in [0.15, 0.2) is 0 Å². The van der Waals surface area contributed by atoms with Crippen molar-refractivity contribution in [2.45, 2.75) is 6.92 Å². The average Bonchev–Trinajstić information content (AvgIpc) is 2.43. The smallest absolute Gasteiger partial charge is 0.224 e. The Kier molecular flexibility index (Phi) is 3.55. The van der Waals surface area contributed by atoms with Crippen LogP contribution in [-0.4, -0.2) is 17.9 Å². The Hall–Kier alpha value is -2.30. The second-order valence-corrected chi connectivity index (χ2v) is 3.94. The predicted molar refractivity (Wildman–Crippen MR) is 65.3 cm³/mol. The molecule has 98 valence electrons. The number of aryl methyl sites for hydroxylation is 1. The van der Waals surface area contributed by atoms with Crippen LogP contribution in [-0.2, 0) is 0 Å². The highest BCUT2D eigenvalue weighted by Crippen LogP contribution is 2.23. The lowest BCUT2D eigenvalue weighted by Crippen LogP contribution is -2.10. The van der Waals surface area contributed by atoms with E-state index in [2.05, 4.69) is 4.98 Å². The van der Waals surface area contributed by atoms with Crippen molar-refractivity contribution >= 4 is 5.78 Å². The summed E-state index contributed by atoms with van der Waals surface area (Å²) in [5, 5.41) is 0. The van der Waals surface area contributed by atoms with Gasteiger partial charge in [0.1, 0.15) is 11.6 Å². The van der Waals surface area contributed by atoms with E-state index < -0.39 is 23.0 Å². The highest BCUT2D eigenvalue weighted by molar-refractivity contribution is 6.10. The largest absolute Gasteiger partial charge is 0.480 e. The van der Waals surface area contributed by atoms with Gasteiger partial charge in [-0.05, 0) is 30.7 Å². The molecule has 0 unspecified atom stereocenters. The number of halogens is 2. The molecule has 0 bridgehead atoms. The molecule has 19 heavy (non-hydrogen) atoms. The lowest BCUT2D eigenvalue weighted by Gasteiger charge is -2.08. The third-order valence-corrected chi connectivity index (χ3v) is 2.72. The van der Waals surface area contributed by atoms with Gasteiger partial charge < -0.3 is 4.74 Å². The molecule has 3 nitrogen and oxygen atoms in total. The summed E-state index contributed by atoms with van der Waals surface area (Å²) in [6.45, 7) is 1.46. The second kappa shape index (κ2) is 5.14. The van der Waals surface area contributed by atoms with Gasteiger partial charge in [0.25, 0.3) is 0 Å². The number of hydrogen-bond donors (Lipinski definition) is 0. The van der Waals surface area contributed by atoms with E-state index in [4.69, 9.17) is 4.74 Å². The molecule has 0 amide bonds. The molecule has 1 aromatic heterocycles. The highest BCUT2D eigenvalue weighted by atomic mass is 19.1. The van der Waals surface area contributed by atoms with E-state index in [1.807, 2.05) is 0 Å². The maximum absolute atomic E-state index is 13.9. The molecule has 0 aliphatic carbocycles. The van der Waals surface area contributed by atoms with E-state index in [1.165, 1.54) is 38.4 Å². The van der Waals surface area contributed by atoms with Gasteiger partial charge in [0, 0.05) is 6.20 Å². The summed E-state index contributed by atoms with van der Waals surface area (Å²) in [7, 11) is 1.34. The molecule has 0 aliphatic rings. The molecule has 5 heteroatoms. The standard InChI is InChI=1S/C14H11F2NO2/c1-8-5-6-10(15)11(12(8)16)13(18)9-4-3-7-17-14(9)19-2/h3-7H,1-2H3. The second-order valence-electron chi connectivity index (χ2n) is 3.94. The van der Waals surface area contributed by atoms with Crippen molar-refractivity contribution in [3.63, 3.8) is 0 Å². The zero-order chi connectivity index (χ0) is 14.0. The molecule has 0 fully saturated rings. The number of ether oxygens (including phenoxy) is 1. The van der Waals surface area contributed by atoms with Gasteiger partial charge in [-0.25, -0.2) is 13.8 Å². The lowest BCUT2D eigenvalue weighted by atomic mass is 10.0. The number of pyridine rings is 1. The Balaban J connectivity index is 2.60. The van der Waals surface area contributed by atoms with Gasteiger partial charge in [0.05, 0.1) is 18.2 Å². The molecule has 2 aromatic rings. The van der Waals surface area contributed by atoms with Crippen LogP contribution in [0.5, 0.6) is 5.88 Å². The van der Waals surface area contributed by atoms with E-state index >= 15 is 0 Å². The quantitative estimate of drug-likeness (QED) is 0.799. The summed E-state index contributed by atoms with van der Waals surface area (Å²) in [4.78, 5) is 16.1. The topological polar surface area (TPSA) is 39.2 Å². The molecule has 0 saturated heterocycles.